The molecule has 0 radical (unpaired) electrons. The highest BCUT2D eigenvalue weighted by molar-refractivity contribution is 4.85. The highest BCUT2D eigenvalue weighted by Crippen LogP contribution is 2.40. The Morgan fingerprint density at radius 1 is 1.33 bits per heavy atom. The third kappa shape index (κ3) is 2.22. The fourth-order valence-electron chi connectivity index (χ4n) is 2.35. The van der Waals surface area contributed by atoms with Gasteiger partial charge in [-0.15, -0.1) is 0 Å². The Morgan fingerprint density at radius 2 is 1.92 bits per heavy atom. The van der Waals surface area contributed by atoms with Gasteiger partial charge < -0.3 is 5.11 Å². The molecule has 0 aromatic carbocycles. The standard InChI is InChI=1S/C11H22O/c1-8(2)9-5-6-11(3,4)7-10(9)12/h8-10,12H,5-7H2,1-4H3. The molecule has 0 saturated heterocycles. The molecule has 1 fully saturated rings. The van der Waals surface area contributed by atoms with Gasteiger partial charge in [0.2, 0.25) is 0 Å². The van der Waals surface area contributed by atoms with Gasteiger partial charge in [0, 0.05) is 0 Å². The van der Waals surface area contributed by atoms with E-state index in [1.165, 1.54) is 12.8 Å². The van der Waals surface area contributed by atoms with Crippen LogP contribution in [0.1, 0.15) is 47.0 Å². The van der Waals surface area contributed by atoms with Crippen molar-refractivity contribution < 1.29 is 5.11 Å². The maximum Gasteiger partial charge on any atom is 0.0575 e. The molecular weight excluding hydrogens is 148 g/mol. The molecule has 0 aromatic heterocycles. The number of aliphatic hydroxyl groups is 1. The molecule has 1 rings (SSSR count). The zero-order valence-corrected chi connectivity index (χ0v) is 8.80. The van der Waals surface area contributed by atoms with E-state index in [2.05, 4.69) is 27.7 Å². The van der Waals surface area contributed by atoms with E-state index in [4.69, 9.17) is 0 Å². The van der Waals surface area contributed by atoms with Crippen LogP contribution < -0.4 is 0 Å². The minimum Gasteiger partial charge on any atom is -0.393 e. The van der Waals surface area contributed by atoms with Crippen molar-refractivity contribution in [3.63, 3.8) is 0 Å². The zero-order chi connectivity index (χ0) is 9.35. The van der Waals surface area contributed by atoms with Gasteiger partial charge in [-0.25, -0.2) is 0 Å². The summed E-state index contributed by atoms with van der Waals surface area (Å²) in [4.78, 5) is 0. The normalized spacial score (nSPS) is 35.5. The van der Waals surface area contributed by atoms with Crippen LogP contribution in [-0.2, 0) is 0 Å². The summed E-state index contributed by atoms with van der Waals surface area (Å²) in [6, 6.07) is 0. The molecule has 0 aliphatic heterocycles. The molecule has 2 atom stereocenters. The maximum atomic E-state index is 9.87. The van der Waals surface area contributed by atoms with Crippen molar-refractivity contribution >= 4 is 0 Å². The molecule has 1 N–H and O–H groups in total. The lowest BCUT2D eigenvalue weighted by Crippen LogP contribution is -2.36. The van der Waals surface area contributed by atoms with E-state index >= 15 is 0 Å². The lowest BCUT2D eigenvalue weighted by Gasteiger charge is -2.40. The zero-order valence-electron chi connectivity index (χ0n) is 8.80. The van der Waals surface area contributed by atoms with Gasteiger partial charge in [-0.2, -0.15) is 0 Å². The first-order valence-electron chi connectivity index (χ1n) is 5.10. The average Bonchev–Trinajstić information content (AvgIpc) is 1.83. The van der Waals surface area contributed by atoms with Crippen LogP contribution in [0, 0.1) is 17.3 Å². The van der Waals surface area contributed by atoms with E-state index in [1.807, 2.05) is 0 Å². The number of hydrogen-bond donors (Lipinski definition) is 1. The van der Waals surface area contributed by atoms with Gasteiger partial charge in [0.25, 0.3) is 0 Å². The Bertz CT molecular complexity index is 149. The SMILES string of the molecule is CC(C)C1CCC(C)(C)CC1O. The predicted molar refractivity (Wildman–Crippen MR) is 52.0 cm³/mol. The van der Waals surface area contributed by atoms with Gasteiger partial charge in [-0.05, 0) is 36.5 Å². The molecule has 1 nitrogen and oxygen atoms in total. The van der Waals surface area contributed by atoms with Gasteiger partial charge in [-0.1, -0.05) is 27.7 Å². The van der Waals surface area contributed by atoms with Gasteiger partial charge in [0.15, 0.2) is 0 Å². The van der Waals surface area contributed by atoms with E-state index in [0.29, 0.717) is 17.3 Å². The van der Waals surface area contributed by atoms with Crippen molar-refractivity contribution in [2.75, 3.05) is 0 Å². The van der Waals surface area contributed by atoms with Crippen LogP contribution >= 0.6 is 0 Å². The second-order valence-corrected chi connectivity index (χ2v) is 5.38. The van der Waals surface area contributed by atoms with Crippen LogP contribution in [-0.4, -0.2) is 11.2 Å². The fourth-order valence-corrected chi connectivity index (χ4v) is 2.35. The van der Waals surface area contributed by atoms with E-state index < -0.39 is 0 Å². The summed E-state index contributed by atoms with van der Waals surface area (Å²) in [5.74, 6) is 1.18. The molecular formula is C11H22O. The summed E-state index contributed by atoms with van der Waals surface area (Å²) in [5.41, 5.74) is 0.366. The van der Waals surface area contributed by atoms with Gasteiger partial charge >= 0.3 is 0 Å². The Labute approximate surface area is 76.2 Å². The Hall–Kier alpha value is -0.0400. The summed E-state index contributed by atoms with van der Waals surface area (Å²) in [6.45, 7) is 8.94. The van der Waals surface area contributed by atoms with Crippen LogP contribution in [0.2, 0.25) is 0 Å². The maximum absolute atomic E-state index is 9.87. The minimum absolute atomic E-state index is 0.0613. The molecule has 72 valence electrons. The number of rotatable bonds is 1. The predicted octanol–water partition coefficient (Wildman–Crippen LogP) is 2.83. The first-order valence-corrected chi connectivity index (χ1v) is 5.10. The van der Waals surface area contributed by atoms with Crippen molar-refractivity contribution in [3.05, 3.63) is 0 Å². The molecule has 12 heavy (non-hydrogen) atoms. The molecule has 1 aliphatic carbocycles. The summed E-state index contributed by atoms with van der Waals surface area (Å²) in [7, 11) is 0. The Balaban J connectivity index is 2.54. The van der Waals surface area contributed by atoms with Crippen LogP contribution in [0.4, 0.5) is 0 Å². The van der Waals surface area contributed by atoms with Crippen molar-refractivity contribution in [2.45, 2.75) is 53.1 Å². The molecule has 1 saturated carbocycles. The van der Waals surface area contributed by atoms with E-state index in [-0.39, 0.29) is 6.10 Å². The minimum atomic E-state index is -0.0613. The van der Waals surface area contributed by atoms with Crippen LogP contribution in [0.25, 0.3) is 0 Å². The second-order valence-electron chi connectivity index (χ2n) is 5.38. The number of aliphatic hydroxyl groups excluding tert-OH is 1. The Kier molecular flexibility index (Phi) is 2.82. The molecule has 0 amide bonds. The van der Waals surface area contributed by atoms with Crippen molar-refractivity contribution in [1.82, 2.24) is 0 Å². The first-order chi connectivity index (χ1) is 5.42. The third-order valence-electron chi connectivity index (χ3n) is 3.27. The molecule has 2 unspecified atom stereocenters. The third-order valence-corrected chi connectivity index (χ3v) is 3.27. The molecule has 0 bridgehead atoms. The highest BCUT2D eigenvalue weighted by atomic mass is 16.3. The summed E-state index contributed by atoms with van der Waals surface area (Å²) < 4.78 is 0. The van der Waals surface area contributed by atoms with E-state index in [1.54, 1.807) is 0 Å². The summed E-state index contributed by atoms with van der Waals surface area (Å²) >= 11 is 0. The van der Waals surface area contributed by atoms with Crippen LogP contribution in [0.3, 0.4) is 0 Å². The fraction of sp³-hybridized carbons (Fsp3) is 1.00. The molecule has 0 heterocycles. The van der Waals surface area contributed by atoms with E-state index in [9.17, 15) is 5.11 Å². The van der Waals surface area contributed by atoms with Gasteiger partial charge in [-0.3, -0.25) is 0 Å². The van der Waals surface area contributed by atoms with Gasteiger partial charge in [0.05, 0.1) is 6.10 Å². The Morgan fingerprint density at radius 3 is 2.33 bits per heavy atom. The topological polar surface area (TPSA) is 20.2 Å². The van der Waals surface area contributed by atoms with Gasteiger partial charge in [0.1, 0.15) is 0 Å². The van der Waals surface area contributed by atoms with Crippen LogP contribution in [0.15, 0.2) is 0 Å². The number of hydrogen-bond acceptors (Lipinski definition) is 1. The average molecular weight is 170 g/mol. The summed E-state index contributed by atoms with van der Waals surface area (Å²) in [5, 5.41) is 9.87. The summed E-state index contributed by atoms with van der Waals surface area (Å²) in [6.07, 6.45) is 3.39. The molecule has 1 heteroatoms. The lowest BCUT2D eigenvalue weighted by molar-refractivity contribution is -0.00325. The molecule has 1 aliphatic rings. The van der Waals surface area contributed by atoms with E-state index in [0.717, 1.165) is 6.42 Å². The first kappa shape index (κ1) is 10.0. The highest BCUT2D eigenvalue weighted by Gasteiger charge is 2.34. The lowest BCUT2D eigenvalue weighted by atomic mass is 9.68. The molecule has 0 aromatic rings. The monoisotopic (exact) mass is 170 g/mol. The van der Waals surface area contributed by atoms with Crippen molar-refractivity contribution in [2.24, 2.45) is 17.3 Å². The molecule has 0 spiro atoms. The van der Waals surface area contributed by atoms with Crippen molar-refractivity contribution in [3.8, 4) is 0 Å². The van der Waals surface area contributed by atoms with Crippen LogP contribution in [0.5, 0.6) is 0 Å². The smallest absolute Gasteiger partial charge is 0.0575 e. The quantitative estimate of drug-likeness (QED) is 0.641. The van der Waals surface area contributed by atoms with Crippen molar-refractivity contribution in [1.29, 1.82) is 0 Å². The second kappa shape index (κ2) is 3.37. The largest absolute Gasteiger partial charge is 0.393 e.